The molecule has 3 aromatic rings. The Hall–Kier alpha value is -3.07. The first-order chi connectivity index (χ1) is 14.2. The van der Waals surface area contributed by atoms with Gasteiger partial charge in [0, 0.05) is 24.3 Å². The summed E-state index contributed by atoms with van der Waals surface area (Å²) in [5.41, 5.74) is 5.27. The Morgan fingerprint density at radius 2 is 1.41 bits per heavy atom. The summed E-state index contributed by atoms with van der Waals surface area (Å²) in [5, 5.41) is 3.23. The van der Waals surface area contributed by atoms with Crippen LogP contribution in [0.1, 0.15) is 52.4 Å². The molecule has 1 saturated heterocycles. The molecule has 1 fully saturated rings. The van der Waals surface area contributed by atoms with Gasteiger partial charge in [0.1, 0.15) is 0 Å². The molecule has 1 aliphatic rings. The predicted octanol–water partition coefficient (Wildman–Crippen LogP) is 5.50. The predicted molar refractivity (Wildman–Crippen MR) is 119 cm³/mol. The SMILES string of the molecule is Cc1ccc([C@@H](NC(=O)c2ccc(N3CCCCC3)cc2)c2ccccc2)cc1. The van der Waals surface area contributed by atoms with E-state index in [1.807, 2.05) is 30.3 Å². The Morgan fingerprint density at radius 1 is 0.793 bits per heavy atom. The molecule has 0 saturated carbocycles. The van der Waals surface area contributed by atoms with E-state index in [1.165, 1.54) is 30.5 Å². The Labute approximate surface area is 173 Å². The monoisotopic (exact) mass is 384 g/mol. The van der Waals surface area contributed by atoms with Crippen LogP contribution in [0.4, 0.5) is 5.69 Å². The number of benzene rings is 3. The number of carbonyl (C=O) groups is 1. The summed E-state index contributed by atoms with van der Waals surface area (Å²) in [5.74, 6) is -0.0513. The number of rotatable bonds is 5. The normalized spacial score (nSPS) is 15.0. The summed E-state index contributed by atoms with van der Waals surface area (Å²) in [4.78, 5) is 15.4. The van der Waals surface area contributed by atoms with Gasteiger partial charge in [-0.25, -0.2) is 0 Å². The molecule has 1 aliphatic heterocycles. The molecule has 148 valence electrons. The molecular formula is C26H28N2O. The molecule has 3 aromatic carbocycles. The van der Waals surface area contributed by atoms with E-state index in [0.29, 0.717) is 5.56 Å². The number of amides is 1. The van der Waals surface area contributed by atoms with Crippen molar-refractivity contribution >= 4 is 11.6 Å². The van der Waals surface area contributed by atoms with Gasteiger partial charge in [0.2, 0.25) is 0 Å². The van der Waals surface area contributed by atoms with Gasteiger partial charge in [-0.3, -0.25) is 4.79 Å². The van der Waals surface area contributed by atoms with Gasteiger partial charge in [0.05, 0.1) is 6.04 Å². The zero-order valence-corrected chi connectivity index (χ0v) is 17.0. The van der Waals surface area contributed by atoms with Crippen LogP contribution >= 0.6 is 0 Å². The van der Waals surface area contributed by atoms with Gasteiger partial charge < -0.3 is 10.2 Å². The number of anilines is 1. The molecule has 1 atom stereocenters. The first-order valence-corrected chi connectivity index (χ1v) is 10.5. The minimum Gasteiger partial charge on any atom is -0.372 e. The maximum Gasteiger partial charge on any atom is 0.252 e. The lowest BCUT2D eigenvalue weighted by Crippen LogP contribution is -2.30. The van der Waals surface area contributed by atoms with Crippen LogP contribution < -0.4 is 10.2 Å². The summed E-state index contributed by atoms with van der Waals surface area (Å²) >= 11 is 0. The van der Waals surface area contributed by atoms with Gasteiger partial charge in [0.15, 0.2) is 0 Å². The average Bonchev–Trinajstić information content (AvgIpc) is 2.79. The molecule has 0 unspecified atom stereocenters. The zero-order chi connectivity index (χ0) is 20.1. The molecule has 3 heteroatoms. The Balaban J connectivity index is 1.54. The second kappa shape index (κ2) is 8.95. The number of piperidine rings is 1. The van der Waals surface area contributed by atoms with Gasteiger partial charge in [-0.2, -0.15) is 0 Å². The van der Waals surface area contributed by atoms with E-state index in [-0.39, 0.29) is 11.9 Å². The van der Waals surface area contributed by atoms with Crippen LogP contribution in [-0.2, 0) is 0 Å². The molecule has 0 radical (unpaired) electrons. The number of hydrogen-bond acceptors (Lipinski definition) is 2. The summed E-state index contributed by atoms with van der Waals surface area (Å²) in [7, 11) is 0. The lowest BCUT2D eigenvalue weighted by Gasteiger charge is -2.28. The van der Waals surface area contributed by atoms with Crippen molar-refractivity contribution in [1.82, 2.24) is 5.32 Å². The zero-order valence-electron chi connectivity index (χ0n) is 17.0. The molecule has 1 N–H and O–H groups in total. The molecular weight excluding hydrogens is 356 g/mol. The fourth-order valence-corrected chi connectivity index (χ4v) is 3.95. The number of hydrogen-bond donors (Lipinski definition) is 1. The van der Waals surface area contributed by atoms with Gasteiger partial charge in [-0.05, 0) is 61.6 Å². The molecule has 0 bridgehead atoms. The van der Waals surface area contributed by atoms with Crippen molar-refractivity contribution in [3.8, 4) is 0 Å². The van der Waals surface area contributed by atoms with E-state index in [2.05, 4.69) is 65.7 Å². The Kier molecular flexibility index (Phi) is 5.95. The van der Waals surface area contributed by atoms with Gasteiger partial charge >= 0.3 is 0 Å². The minimum atomic E-state index is -0.175. The van der Waals surface area contributed by atoms with E-state index in [4.69, 9.17) is 0 Å². The molecule has 0 aliphatic carbocycles. The van der Waals surface area contributed by atoms with E-state index in [0.717, 1.165) is 24.2 Å². The fourth-order valence-electron chi connectivity index (χ4n) is 3.95. The van der Waals surface area contributed by atoms with Crippen LogP contribution in [-0.4, -0.2) is 19.0 Å². The first-order valence-electron chi connectivity index (χ1n) is 10.5. The van der Waals surface area contributed by atoms with Crippen LogP contribution in [0.5, 0.6) is 0 Å². The average molecular weight is 385 g/mol. The third-order valence-electron chi connectivity index (χ3n) is 5.67. The number of nitrogens with zero attached hydrogens (tertiary/aromatic N) is 1. The maximum absolute atomic E-state index is 13.0. The number of carbonyl (C=O) groups excluding carboxylic acids is 1. The highest BCUT2D eigenvalue weighted by Gasteiger charge is 2.18. The van der Waals surface area contributed by atoms with Gasteiger partial charge in [-0.15, -0.1) is 0 Å². The molecule has 29 heavy (non-hydrogen) atoms. The standard InChI is InChI=1S/C26H28N2O/c1-20-10-12-22(13-11-20)25(21-8-4-2-5-9-21)27-26(29)23-14-16-24(17-15-23)28-18-6-3-7-19-28/h2,4-5,8-17,25H,3,6-7,18-19H2,1H3,(H,27,29)/t25-/m0/s1. The van der Waals surface area contributed by atoms with Crippen LogP contribution in [0, 0.1) is 6.92 Å². The third-order valence-corrected chi connectivity index (χ3v) is 5.67. The highest BCUT2D eigenvalue weighted by atomic mass is 16.1. The van der Waals surface area contributed by atoms with Crippen molar-refractivity contribution in [2.45, 2.75) is 32.2 Å². The Bertz CT molecular complexity index is 927. The molecule has 4 rings (SSSR count). The van der Waals surface area contributed by atoms with E-state index < -0.39 is 0 Å². The molecule has 1 amide bonds. The number of aryl methyl sites for hydroxylation is 1. The molecule has 3 nitrogen and oxygen atoms in total. The lowest BCUT2D eigenvalue weighted by molar-refractivity contribution is 0.0943. The van der Waals surface area contributed by atoms with Crippen LogP contribution in [0.25, 0.3) is 0 Å². The van der Waals surface area contributed by atoms with Gasteiger partial charge in [0.25, 0.3) is 5.91 Å². The van der Waals surface area contributed by atoms with Crippen molar-refractivity contribution in [2.75, 3.05) is 18.0 Å². The highest BCUT2D eigenvalue weighted by Crippen LogP contribution is 2.24. The maximum atomic E-state index is 13.0. The smallest absolute Gasteiger partial charge is 0.252 e. The van der Waals surface area contributed by atoms with Crippen molar-refractivity contribution in [3.63, 3.8) is 0 Å². The molecule has 1 heterocycles. The first kappa shape index (κ1) is 19.3. The lowest BCUT2D eigenvalue weighted by atomic mass is 9.97. The number of nitrogens with one attached hydrogen (secondary N) is 1. The molecule has 0 aromatic heterocycles. The van der Waals surface area contributed by atoms with E-state index >= 15 is 0 Å². The third kappa shape index (κ3) is 4.68. The quantitative estimate of drug-likeness (QED) is 0.629. The van der Waals surface area contributed by atoms with Crippen molar-refractivity contribution in [3.05, 3.63) is 101 Å². The summed E-state index contributed by atoms with van der Waals surface area (Å²) in [6.07, 6.45) is 3.81. The largest absolute Gasteiger partial charge is 0.372 e. The van der Waals surface area contributed by atoms with Crippen LogP contribution in [0.15, 0.2) is 78.9 Å². The second-order valence-corrected chi connectivity index (χ2v) is 7.82. The molecule has 0 spiro atoms. The van der Waals surface area contributed by atoms with Crippen molar-refractivity contribution < 1.29 is 4.79 Å². The van der Waals surface area contributed by atoms with Gasteiger partial charge in [-0.1, -0.05) is 60.2 Å². The van der Waals surface area contributed by atoms with E-state index in [9.17, 15) is 4.79 Å². The summed E-state index contributed by atoms with van der Waals surface area (Å²) in [6, 6.07) is 26.3. The summed E-state index contributed by atoms with van der Waals surface area (Å²) < 4.78 is 0. The minimum absolute atomic E-state index is 0.0513. The van der Waals surface area contributed by atoms with Crippen molar-refractivity contribution in [2.24, 2.45) is 0 Å². The van der Waals surface area contributed by atoms with E-state index in [1.54, 1.807) is 0 Å². The van der Waals surface area contributed by atoms with Crippen molar-refractivity contribution in [1.29, 1.82) is 0 Å². The van der Waals surface area contributed by atoms with Crippen LogP contribution in [0.3, 0.4) is 0 Å². The highest BCUT2D eigenvalue weighted by molar-refractivity contribution is 5.95. The van der Waals surface area contributed by atoms with Crippen LogP contribution in [0.2, 0.25) is 0 Å². The fraction of sp³-hybridized carbons (Fsp3) is 0.269. The topological polar surface area (TPSA) is 32.3 Å². The Morgan fingerprint density at radius 3 is 2.07 bits per heavy atom. The summed E-state index contributed by atoms with van der Waals surface area (Å²) in [6.45, 7) is 4.29. The second-order valence-electron chi connectivity index (χ2n) is 7.82.